The summed E-state index contributed by atoms with van der Waals surface area (Å²) in [5.74, 6) is 0.885. The number of fused-ring (bicyclic) bond motifs is 1. The van der Waals surface area contributed by atoms with Gasteiger partial charge in [-0.2, -0.15) is 0 Å². The van der Waals surface area contributed by atoms with Crippen molar-refractivity contribution in [3.05, 3.63) is 36.0 Å². The second-order valence-electron chi connectivity index (χ2n) is 4.49. The second kappa shape index (κ2) is 4.53. The predicted octanol–water partition coefficient (Wildman–Crippen LogP) is 3.19. The number of pyridine rings is 1. The number of nitrogens with zero attached hydrogens (tertiary/aromatic N) is 2. The molecule has 0 aliphatic heterocycles. The maximum absolute atomic E-state index is 5.90. The Kier molecular flexibility index (Phi) is 3.09. The zero-order chi connectivity index (χ0) is 12.4. The van der Waals surface area contributed by atoms with Crippen LogP contribution in [0.3, 0.4) is 0 Å². The van der Waals surface area contributed by atoms with Crippen molar-refractivity contribution >= 4 is 22.4 Å². The Labute approximate surface area is 101 Å². The predicted molar refractivity (Wildman–Crippen MR) is 72.6 cm³/mol. The molecule has 0 unspecified atom stereocenters. The van der Waals surface area contributed by atoms with Gasteiger partial charge in [0.1, 0.15) is 5.84 Å². The molecule has 3 heteroatoms. The molecule has 0 spiro atoms. The van der Waals surface area contributed by atoms with Crippen LogP contribution in [0.2, 0.25) is 0 Å². The number of aryl methyl sites for hydroxylation is 1. The lowest BCUT2D eigenvalue weighted by molar-refractivity contribution is 0.873. The van der Waals surface area contributed by atoms with E-state index >= 15 is 0 Å². The van der Waals surface area contributed by atoms with Crippen molar-refractivity contribution in [2.75, 3.05) is 0 Å². The highest BCUT2D eigenvalue weighted by Gasteiger charge is 2.04. The Bertz CT molecular complexity index is 571. The van der Waals surface area contributed by atoms with E-state index in [4.69, 9.17) is 5.73 Å². The van der Waals surface area contributed by atoms with Crippen LogP contribution in [0.25, 0.3) is 10.9 Å². The first kappa shape index (κ1) is 11.6. The Morgan fingerprint density at radius 2 is 2.00 bits per heavy atom. The molecular weight excluding hydrogens is 210 g/mol. The molecule has 1 aromatic heterocycles. The van der Waals surface area contributed by atoms with Gasteiger partial charge in [0.15, 0.2) is 0 Å². The Balaban J connectivity index is 2.61. The quantitative estimate of drug-likeness (QED) is 0.632. The Morgan fingerprint density at radius 3 is 2.71 bits per heavy atom. The van der Waals surface area contributed by atoms with E-state index in [1.807, 2.05) is 45.0 Å². The third kappa shape index (κ3) is 2.44. The first-order chi connectivity index (χ1) is 8.08. The minimum Gasteiger partial charge on any atom is -0.387 e. The average molecular weight is 227 g/mol. The molecule has 17 heavy (non-hydrogen) atoms. The summed E-state index contributed by atoms with van der Waals surface area (Å²) in [6.07, 6.45) is 0. The van der Waals surface area contributed by atoms with Crippen molar-refractivity contribution in [3.63, 3.8) is 0 Å². The normalized spacial score (nSPS) is 12.4. The first-order valence-electron chi connectivity index (χ1n) is 5.78. The van der Waals surface area contributed by atoms with E-state index in [2.05, 4.69) is 16.0 Å². The van der Waals surface area contributed by atoms with E-state index in [9.17, 15) is 0 Å². The number of hydrogen-bond donors (Lipinski definition) is 1. The first-order valence-corrected chi connectivity index (χ1v) is 5.78. The van der Waals surface area contributed by atoms with Gasteiger partial charge in [-0.1, -0.05) is 32.0 Å². The van der Waals surface area contributed by atoms with Crippen LogP contribution in [0.4, 0.5) is 5.69 Å². The van der Waals surface area contributed by atoms with Gasteiger partial charge in [0, 0.05) is 17.0 Å². The molecule has 0 fully saturated rings. The van der Waals surface area contributed by atoms with Crippen LogP contribution >= 0.6 is 0 Å². The SMILES string of the molecule is Cc1ccc2cccc(N=C(N)C(C)C)c2n1. The van der Waals surface area contributed by atoms with Crippen LogP contribution in [0, 0.1) is 12.8 Å². The monoisotopic (exact) mass is 227 g/mol. The van der Waals surface area contributed by atoms with Gasteiger partial charge in [0.05, 0.1) is 11.2 Å². The van der Waals surface area contributed by atoms with E-state index in [1.54, 1.807) is 0 Å². The van der Waals surface area contributed by atoms with Gasteiger partial charge < -0.3 is 5.73 Å². The van der Waals surface area contributed by atoms with Crippen LogP contribution in [0.15, 0.2) is 35.3 Å². The van der Waals surface area contributed by atoms with E-state index in [0.717, 1.165) is 22.3 Å². The van der Waals surface area contributed by atoms with Crippen LogP contribution in [-0.4, -0.2) is 10.8 Å². The summed E-state index contributed by atoms with van der Waals surface area (Å²) in [5.41, 5.74) is 8.65. The number of hydrogen-bond acceptors (Lipinski definition) is 2. The van der Waals surface area contributed by atoms with Crippen LogP contribution in [0.5, 0.6) is 0 Å². The van der Waals surface area contributed by atoms with Gasteiger partial charge in [-0.05, 0) is 19.1 Å². The topological polar surface area (TPSA) is 51.3 Å². The molecule has 88 valence electrons. The van der Waals surface area contributed by atoms with Crippen molar-refractivity contribution in [2.24, 2.45) is 16.6 Å². The zero-order valence-electron chi connectivity index (χ0n) is 10.4. The molecule has 0 atom stereocenters. The fourth-order valence-corrected chi connectivity index (χ4v) is 1.59. The van der Waals surface area contributed by atoms with Crippen LogP contribution in [0.1, 0.15) is 19.5 Å². The minimum atomic E-state index is 0.245. The molecule has 2 N–H and O–H groups in total. The number of para-hydroxylation sites is 1. The fourth-order valence-electron chi connectivity index (χ4n) is 1.59. The summed E-state index contributed by atoms with van der Waals surface area (Å²) < 4.78 is 0. The third-order valence-electron chi connectivity index (χ3n) is 2.68. The van der Waals surface area contributed by atoms with Crippen LogP contribution < -0.4 is 5.73 Å². The summed E-state index contributed by atoms with van der Waals surface area (Å²) in [6.45, 7) is 6.04. The number of nitrogens with two attached hydrogens (primary N) is 1. The lowest BCUT2D eigenvalue weighted by Gasteiger charge is -2.06. The second-order valence-corrected chi connectivity index (χ2v) is 4.49. The fraction of sp³-hybridized carbons (Fsp3) is 0.286. The summed E-state index contributed by atoms with van der Waals surface area (Å²) in [6, 6.07) is 10.0. The summed E-state index contributed by atoms with van der Waals surface area (Å²) in [7, 11) is 0. The number of aromatic nitrogens is 1. The standard InChI is InChI=1S/C14H17N3/c1-9(2)14(15)17-12-6-4-5-11-8-7-10(3)16-13(11)12/h4-9H,1-3H3,(H2,15,17). The number of amidine groups is 1. The maximum Gasteiger partial charge on any atom is 0.102 e. The average Bonchev–Trinajstić information content (AvgIpc) is 2.29. The van der Waals surface area contributed by atoms with E-state index < -0.39 is 0 Å². The molecule has 0 saturated carbocycles. The van der Waals surface area contributed by atoms with Crippen molar-refractivity contribution in [1.82, 2.24) is 4.98 Å². The van der Waals surface area contributed by atoms with E-state index in [1.165, 1.54) is 0 Å². The Morgan fingerprint density at radius 1 is 1.24 bits per heavy atom. The minimum absolute atomic E-state index is 0.245. The van der Waals surface area contributed by atoms with Gasteiger partial charge in [-0.3, -0.25) is 4.98 Å². The molecule has 3 nitrogen and oxygen atoms in total. The number of rotatable bonds is 2. The molecule has 0 aliphatic rings. The molecule has 0 amide bonds. The molecule has 1 aromatic carbocycles. The molecule has 2 aromatic rings. The zero-order valence-corrected chi connectivity index (χ0v) is 10.4. The summed E-state index contributed by atoms with van der Waals surface area (Å²) >= 11 is 0. The molecule has 2 rings (SSSR count). The van der Waals surface area contributed by atoms with E-state index in [-0.39, 0.29) is 5.92 Å². The van der Waals surface area contributed by atoms with Gasteiger partial charge in [-0.15, -0.1) is 0 Å². The van der Waals surface area contributed by atoms with E-state index in [0.29, 0.717) is 5.84 Å². The molecule has 0 bridgehead atoms. The molecule has 0 aliphatic carbocycles. The highest BCUT2D eigenvalue weighted by molar-refractivity contribution is 5.93. The van der Waals surface area contributed by atoms with Gasteiger partial charge >= 0.3 is 0 Å². The molecule has 1 heterocycles. The van der Waals surface area contributed by atoms with Gasteiger partial charge in [-0.25, -0.2) is 4.99 Å². The summed E-state index contributed by atoms with van der Waals surface area (Å²) in [5, 5.41) is 1.09. The van der Waals surface area contributed by atoms with Crippen molar-refractivity contribution in [1.29, 1.82) is 0 Å². The largest absolute Gasteiger partial charge is 0.387 e. The molecule has 0 saturated heterocycles. The van der Waals surface area contributed by atoms with Crippen molar-refractivity contribution in [3.8, 4) is 0 Å². The smallest absolute Gasteiger partial charge is 0.102 e. The molecule has 0 radical (unpaired) electrons. The molecular formula is C14H17N3. The van der Waals surface area contributed by atoms with Gasteiger partial charge in [0.2, 0.25) is 0 Å². The maximum atomic E-state index is 5.90. The van der Waals surface area contributed by atoms with Crippen molar-refractivity contribution in [2.45, 2.75) is 20.8 Å². The number of benzene rings is 1. The lowest BCUT2D eigenvalue weighted by Crippen LogP contribution is -2.18. The highest BCUT2D eigenvalue weighted by Crippen LogP contribution is 2.24. The van der Waals surface area contributed by atoms with Crippen LogP contribution in [-0.2, 0) is 0 Å². The third-order valence-corrected chi connectivity index (χ3v) is 2.68. The number of aliphatic imine (C=N–C) groups is 1. The summed E-state index contributed by atoms with van der Waals surface area (Å²) in [4.78, 5) is 8.99. The van der Waals surface area contributed by atoms with Gasteiger partial charge in [0.25, 0.3) is 0 Å². The lowest BCUT2D eigenvalue weighted by atomic mass is 10.1. The Hall–Kier alpha value is -1.90. The highest BCUT2D eigenvalue weighted by atomic mass is 14.9. The van der Waals surface area contributed by atoms with Crippen molar-refractivity contribution < 1.29 is 0 Å².